The maximum atomic E-state index is 13.1. The molecule has 0 bridgehead atoms. The van der Waals surface area contributed by atoms with E-state index in [0.29, 0.717) is 18.7 Å². The maximum Gasteiger partial charge on any atom is 0.228 e. The fraction of sp³-hybridized carbons (Fsp3) is 0.300. The van der Waals surface area contributed by atoms with Crippen LogP contribution < -0.4 is 10.6 Å². The van der Waals surface area contributed by atoms with Gasteiger partial charge < -0.3 is 10.6 Å². The molecule has 1 unspecified atom stereocenters. The smallest absolute Gasteiger partial charge is 0.228 e. The predicted molar refractivity (Wildman–Crippen MR) is 65.6 cm³/mol. The van der Waals surface area contributed by atoms with Crippen molar-refractivity contribution in [2.75, 3.05) is 17.2 Å². The number of hydrogen-bond acceptors (Lipinski definition) is 3. The van der Waals surface area contributed by atoms with Crippen LogP contribution in [0.3, 0.4) is 0 Å². The molecule has 0 aromatic heterocycles. The summed E-state index contributed by atoms with van der Waals surface area (Å²) in [6, 6.07) is 2.49. The predicted octanol–water partition coefficient (Wildman–Crippen LogP) is 2.10. The third-order valence-electron chi connectivity index (χ3n) is 2.47. The van der Waals surface area contributed by atoms with Crippen LogP contribution in [0.4, 0.5) is 15.8 Å². The SMILES string of the molecule is Nc1cc(F)c(Cl)cc1N1CC(S)CC1=O. The third-order valence-corrected chi connectivity index (χ3v) is 3.10. The number of carbonyl (C=O) groups is 1. The van der Waals surface area contributed by atoms with E-state index in [9.17, 15) is 9.18 Å². The zero-order valence-electron chi connectivity index (χ0n) is 8.28. The summed E-state index contributed by atoms with van der Waals surface area (Å²) in [5.41, 5.74) is 6.32. The van der Waals surface area contributed by atoms with E-state index in [1.54, 1.807) is 0 Å². The number of benzene rings is 1. The van der Waals surface area contributed by atoms with Crippen LogP contribution in [0, 0.1) is 5.82 Å². The van der Waals surface area contributed by atoms with E-state index in [0.717, 1.165) is 6.07 Å². The van der Waals surface area contributed by atoms with Crippen molar-refractivity contribution < 1.29 is 9.18 Å². The Balaban J connectivity index is 2.41. The monoisotopic (exact) mass is 260 g/mol. The average Bonchev–Trinajstić information content (AvgIpc) is 2.51. The molecule has 1 amide bonds. The molecule has 1 aliphatic heterocycles. The second kappa shape index (κ2) is 4.14. The summed E-state index contributed by atoms with van der Waals surface area (Å²) in [6.07, 6.45) is 0.359. The highest BCUT2D eigenvalue weighted by atomic mass is 35.5. The van der Waals surface area contributed by atoms with Gasteiger partial charge in [-0.1, -0.05) is 11.6 Å². The summed E-state index contributed by atoms with van der Waals surface area (Å²) in [6.45, 7) is 0.466. The lowest BCUT2D eigenvalue weighted by atomic mass is 10.2. The molecule has 1 aromatic carbocycles. The lowest BCUT2D eigenvalue weighted by Crippen LogP contribution is -2.25. The zero-order chi connectivity index (χ0) is 11.9. The average molecular weight is 261 g/mol. The van der Waals surface area contributed by atoms with Crippen LogP contribution in [-0.2, 0) is 4.79 Å². The van der Waals surface area contributed by atoms with E-state index in [-0.39, 0.29) is 21.9 Å². The van der Waals surface area contributed by atoms with Gasteiger partial charge in [0.05, 0.1) is 16.4 Å². The molecule has 0 radical (unpaired) electrons. The van der Waals surface area contributed by atoms with E-state index in [1.165, 1.54) is 11.0 Å². The number of carbonyl (C=O) groups excluding carboxylic acids is 1. The molecule has 0 saturated carbocycles. The zero-order valence-corrected chi connectivity index (χ0v) is 9.93. The summed E-state index contributed by atoms with van der Waals surface area (Å²) in [5.74, 6) is -0.661. The van der Waals surface area contributed by atoms with Crippen LogP contribution >= 0.6 is 24.2 Å². The highest BCUT2D eigenvalue weighted by Crippen LogP contribution is 2.32. The van der Waals surface area contributed by atoms with Crippen molar-refractivity contribution in [3.05, 3.63) is 23.0 Å². The van der Waals surface area contributed by atoms with Gasteiger partial charge in [0.1, 0.15) is 5.82 Å². The number of halogens is 2. The van der Waals surface area contributed by atoms with E-state index >= 15 is 0 Å². The summed E-state index contributed by atoms with van der Waals surface area (Å²) in [5, 5.41) is -0.0599. The van der Waals surface area contributed by atoms with Crippen LogP contribution in [0.5, 0.6) is 0 Å². The molecule has 1 aromatic rings. The van der Waals surface area contributed by atoms with Crippen molar-refractivity contribution in [1.82, 2.24) is 0 Å². The Hall–Kier alpha value is -0.940. The molecule has 16 heavy (non-hydrogen) atoms. The first-order valence-corrected chi connectivity index (χ1v) is 5.61. The third kappa shape index (κ3) is 1.97. The normalized spacial score (nSPS) is 20.6. The Labute approximate surface area is 103 Å². The van der Waals surface area contributed by atoms with Gasteiger partial charge in [0.2, 0.25) is 5.91 Å². The quantitative estimate of drug-likeness (QED) is 0.600. The fourth-order valence-corrected chi connectivity index (χ4v) is 2.18. The first kappa shape index (κ1) is 11.5. The fourth-order valence-electron chi connectivity index (χ4n) is 1.71. The van der Waals surface area contributed by atoms with Crippen molar-refractivity contribution in [3.8, 4) is 0 Å². The Morgan fingerprint density at radius 3 is 2.81 bits per heavy atom. The number of nitrogen functional groups attached to an aromatic ring is 1. The lowest BCUT2D eigenvalue weighted by Gasteiger charge is -2.18. The molecule has 0 aliphatic carbocycles. The van der Waals surface area contributed by atoms with E-state index in [2.05, 4.69) is 12.6 Å². The van der Waals surface area contributed by atoms with Crippen LogP contribution in [0.1, 0.15) is 6.42 Å². The minimum Gasteiger partial charge on any atom is -0.397 e. The maximum absolute atomic E-state index is 13.1. The number of amides is 1. The molecule has 2 N–H and O–H groups in total. The summed E-state index contributed by atoms with van der Waals surface area (Å²) in [4.78, 5) is 13.1. The van der Waals surface area contributed by atoms with Crippen LogP contribution in [0.25, 0.3) is 0 Å². The largest absolute Gasteiger partial charge is 0.397 e. The number of rotatable bonds is 1. The van der Waals surface area contributed by atoms with Crippen molar-refractivity contribution in [2.45, 2.75) is 11.7 Å². The van der Waals surface area contributed by atoms with Gasteiger partial charge >= 0.3 is 0 Å². The molecule has 2 rings (SSSR count). The molecule has 86 valence electrons. The molecule has 1 fully saturated rings. The molecule has 1 aliphatic rings. The molecule has 6 heteroatoms. The number of anilines is 2. The molecular weight excluding hydrogens is 251 g/mol. The first-order chi connectivity index (χ1) is 7.49. The van der Waals surface area contributed by atoms with E-state index in [1.807, 2.05) is 0 Å². The summed E-state index contributed by atoms with van der Waals surface area (Å²) in [7, 11) is 0. The Morgan fingerprint density at radius 2 is 2.25 bits per heavy atom. The second-order valence-corrected chi connectivity index (χ2v) is 4.82. The standard InChI is InChI=1S/C10H10ClFN2OS/c11-6-2-9(8(13)3-7(6)12)14-4-5(16)1-10(14)15/h2-3,5,16H,1,4,13H2. The van der Waals surface area contributed by atoms with Crippen molar-refractivity contribution >= 4 is 41.5 Å². The lowest BCUT2D eigenvalue weighted by molar-refractivity contribution is -0.117. The van der Waals surface area contributed by atoms with Crippen molar-refractivity contribution in [2.24, 2.45) is 0 Å². The van der Waals surface area contributed by atoms with Crippen molar-refractivity contribution in [1.29, 1.82) is 0 Å². The van der Waals surface area contributed by atoms with Gasteiger partial charge in [-0.05, 0) is 6.07 Å². The van der Waals surface area contributed by atoms with Gasteiger partial charge in [-0.2, -0.15) is 12.6 Å². The Bertz CT molecular complexity index is 455. The Kier molecular flexibility index (Phi) is 2.99. The molecule has 1 atom stereocenters. The molecule has 0 spiro atoms. The Morgan fingerprint density at radius 1 is 1.56 bits per heavy atom. The van der Waals surface area contributed by atoms with Gasteiger partial charge in [-0.15, -0.1) is 0 Å². The van der Waals surface area contributed by atoms with Gasteiger partial charge in [-0.3, -0.25) is 4.79 Å². The van der Waals surface area contributed by atoms with Gasteiger partial charge in [0, 0.05) is 24.3 Å². The first-order valence-electron chi connectivity index (χ1n) is 4.72. The van der Waals surface area contributed by atoms with Crippen LogP contribution in [0.15, 0.2) is 12.1 Å². The number of nitrogens with two attached hydrogens (primary N) is 1. The second-order valence-electron chi connectivity index (χ2n) is 3.69. The molecule has 3 nitrogen and oxygen atoms in total. The van der Waals surface area contributed by atoms with Gasteiger partial charge in [0.15, 0.2) is 0 Å². The molecular formula is C10H10ClFN2OS. The summed E-state index contributed by atoms with van der Waals surface area (Å²) < 4.78 is 13.1. The van der Waals surface area contributed by atoms with Crippen molar-refractivity contribution in [3.63, 3.8) is 0 Å². The topological polar surface area (TPSA) is 46.3 Å². The minimum absolute atomic E-state index is 0.0178. The van der Waals surface area contributed by atoms with Crippen LogP contribution in [0.2, 0.25) is 5.02 Å². The van der Waals surface area contributed by atoms with Crippen LogP contribution in [-0.4, -0.2) is 17.7 Å². The molecule has 1 heterocycles. The van der Waals surface area contributed by atoms with E-state index < -0.39 is 5.82 Å². The minimum atomic E-state index is -0.586. The number of hydrogen-bond donors (Lipinski definition) is 2. The van der Waals surface area contributed by atoms with Gasteiger partial charge in [-0.25, -0.2) is 4.39 Å². The number of nitrogens with zero attached hydrogens (tertiary/aromatic N) is 1. The summed E-state index contributed by atoms with van der Waals surface area (Å²) >= 11 is 9.89. The highest BCUT2D eigenvalue weighted by Gasteiger charge is 2.29. The number of thiol groups is 1. The highest BCUT2D eigenvalue weighted by molar-refractivity contribution is 7.81. The van der Waals surface area contributed by atoms with Gasteiger partial charge in [0.25, 0.3) is 0 Å². The van der Waals surface area contributed by atoms with E-state index in [4.69, 9.17) is 17.3 Å². The molecule has 1 saturated heterocycles.